The van der Waals surface area contributed by atoms with E-state index in [4.69, 9.17) is 4.74 Å². The first kappa shape index (κ1) is 17.7. The molecule has 1 aromatic rings. The van der Waals surface area contributed by atoms with E-state index in [1.807, 2.05) is 0 Å². The standard InChI is InChI=1S/C15H17BrF2N2O3/c1-19(6-4-13(17)18)14(21)5-7-20-11-3-2-10(16)8-12(11)23-9-15(20)22/h2-3,8,13H,4-7,9H2,1H3. The molecule has 1 aromatic carbocycles. The van der Waals surface area contributed by atoms with Crippen molar-refractivity contribution in [2.24, 2.45) is 0 Å². The molecule has 0 aromatic heterocycles. The van der Waals surface area contributed by atoms with Crippen molar-refractivity contribution in [3.05, 3.63) is 22.7 Å². The van der Waals surface area contributed by atoms with E-state index in [-0.39, 0.29) is 44.4 Å². The quantitative estimate of drug-likeness (QED) is 0.750. The Morgan fingerprint density at radius 3 is 2.91 bits per heavy atom. The SMILES string of the molecule is CN(CCC(F)F)C(=O)CCN1C(=O)COc2cc(Br)ccc21. The number of carbonyl (C=O) groups is 2. The summed E-state index contributed by atoms with van der Waals surface area (Å²) in [6, 6.07) is 5.27. The van der Waals surface area contributed by atoms with E-state index in [1.165, 1.54) is 16.8 Å². The zero-order valence-corrected chi connectivity index (χ0v) is 14.2. The third-order valence-corrected chi connectivity index (χ3v) is 4.02. The van der Waals surface area contributed by atoms with Crippen LogP contribution in [0.3, 0.4) is 0 Å². The number of alkyl halides is 2. The Bertz CT molecular complexity index is 598. The van der Waals surface area contributed by atoms with E-state index in [2.05, 4.69) is 15.9 Å². The summed E-state index contributed by atoms with van der Waals surface area (Å²) in [4.78, 5) is 26.7. The Morgan fingerprint density at radius 2 is 2.22 bits per heavy atom. The Balaban J connectivity index is 1.97. The first-order valence-corrected chi connectivity index (χ1v) is 7.92. The average molecular weight is 391 g/mol. The molecule has 0 atom stereocenters. The topological polar surface area (TPSA) is 49.9 Å². The molecule has 0 saturated heterocycles. The van der Waals surface area contributed by atoms with Crippen molar-refractivity contribution in [3.63, 3.8) is 0 Å². The predicted molar refractivity (Wildman–Crippen MR) is 84.9 cm³/mol. The minimum Gasteiger partial charge on any atom is -0.482 e. The highest BCUT2D eigenvalue weighted by Crippen LogP contribution is 2.34. The lowest BCUT2D eigenvalue weighted by molar-refractivity contribution is -0.130. The van der Waals surface area contributed by atoms with Crippen LogP contribution < -0.4 is 9.64 Å². The van der Waals surface area contributed by atoms with E-state index in [0.29, 0.717) is 11.4 Å². The van der Waals surface area contributed by atoms with Gasteiger partial charge in [-0.2, -0.15) is 0 Å². The second kappa shape index (κ2) is 7.72. The molecule has 5 nitrogen and oxygen atoms in total. The number of hydrogen-bond acceptors (Lipinski definition) is 3. The third-order valence-electron chi connectivity index (χ3n) is 3.52. The largest absolute Gasteiger partial charge is 0.482 e. The average Bonchev–Trinajstić information content (AvgIpc) is 2.51. The lowest BCUT2D eigenvalue weighted by atomic mass is 10.2. The number of fused-ring (bicyclic) bond motifs is 1. The van der Waals surface area contributed by atoms with Crippen LogP contribution in [-0.4, -0.2) is 49.9 Å². The lowest BCUT2D eigenvalue weighted by Gasteiger charge is -2.30. The van der Waals surface area contributed by atoms with Gasteiger partial charge >= 0.3 is 0 Å². The fourth-order valence-corrected chi connectivity index (χ4v) is 2.58. The molecule has 8 heteroatoms. The van der Waals surface area contributed by atoms with Crippen LogP contribution in [0.4, 0.5) is 14.5 Å². The number of benzene rings is 1. The number of carbonyl (C=O) groups excluding carboxylic acids is 2. The number of rotatable bonds is 6. The van der Waals surface area contributed by atoms with Gasteiger partial charge in [0.05, 0.1) is 5.69 Å². The van der Waals surface area contributed by atoms with Gasteiger partial charge in [-0.1, -0.05) is 15.9 Å². The van der Waals surface area contributed by atoms with Crippen LogP contribution in [0.5, 0.6) is 5.75 Å². The van der Waals surface area contributed by atoms with E-state index in [9.17, 15) is 18.4 Å². The number of amides is 2. The molecule has 0 radical (unpaired) electrons. The highest BCUT2D eigenvalue weighted by Gasteiger charge is 2.26. The van der Waals surface area contributed by atoms with Crippen molar-refractivity contribution < 1.29 is 23.1 Å². The van der Waals surface area contributed by atoms with E-state index in [1.54, 1.807) is 18.2 Å². The molecule has 0 saturated carbocycles. The molecule has 0 fully saturated rings. The van der Waals surface area contributed by atoms with Crippen molar-refractivity contribution in [2.45, 2.75) is 19.3 Å². The number of nitrogens with zero attached hydrogens (tertiary/aromatic N) is 2. The molecule has 2 amide bonds. The second-order valence-electron chi connectivity index (χ2n) is 5.19. The Hall–Kier alpha value is -1.70. The molecular weight excluding hydrogens is 374 g/mol. The third kappa shape index (κ3) is 4.63. The van der Waals surface area contributed by atoms with Crippen LogP contribution >= 0.6 is 15.9 Å². The van der Waals surface area contributed by atoms with Gasteiger partial charge in [-0.05, 0) is 18.2 Å². The molecule has 126 valence electrons. The molecule has 0 spiro atoms. The first-order valence-electron chi connectivity index (χ1n) is 7.13. The summed E-state index contributed by atoms with van der Waals surface area (Å²) < 4.78 is 30.5. The van der Waals surface area contributed by atoms with E-state index >= 15 is 0 Å². The van der Waals surface area contributed by atoms with Crippen molar-refractivity contribution in [1.82, 2.24) is 4.90 Å². The van der Waals surface area contributed by atoms with E-state index in [0.717, 1.165) is 4.47 Å². The number of halogens is 3. The maximum Gasteiger partial charge on any atom is 0.265 e. The molecule has 1 aliphatic rings. The summed E-state index contributed by atoms with van der Waals surface area (Å²) >= 11 is 3.33. The van der Waals surface area contributed by atoms with Crippen molar-refractivity contribution in [2.75, 3.05) is 31.6 Å². The minimum atomic E-state index is -2.43. The number of hydrogen-bond donors (Lipinski definition) is 0. The van der Waals surface area contributed by atoms with Crippen molar-refractivity contribution in [3.8, 4) is 5.75 Å². The summed E-state index contributed by atoms with van der Waals surface area (Å²) in [5.41, 5.74) is 0.604. The summed E-state index contributed by atoms with van der Waals surface area (Å²) in [6.45, 7) is 0.102. The summed E-state index contributed by atoms with van der Waals surface area (Å²) in [5, 5.41) is 0. The fourth-order valence-electron chi connectivity index (χ4n) is 2.24. The molecule has 1 aliphatic heterocycles. The molecule has 23 heavy (non-hydrogen) atoms. The zero-order chi connectivity index (χ0) is 17.0. The first-order chi connectivity index (χ1) is 10.9. The molecule has 0 unspecified atom stereocenters. The monoisotopic (exact) mass is 390 g/mol. The molecular formula is C15H17BrF2N2O3. The smallest absolute Gasteiger partial charge is 0.265 e. The van der Waals surface area contributed by atoms with Crippen LogP contribution in [0.25, 0.3) is 0 Å². The van der Waals surface area contributed by atoms with Crippen LogP contribution in [0, 0.1) is 0 Å². The molecule has 0 aliphatic carbocycles. The molecule has 0 N–H and O–H groups in total. The summed E-state index contributed by atoms with van der Waals surface area (Å²) in [7, 11) is 1.48. The van der Waals surface area contributed by atoms with Gasteiger partial charge in [-0.3, -0.25) is 9.59 Å². The van der Waals surface area contributed by atoms with Gasteiger partial charge in [0.25, 0.3) is 5.91 Å². The molecule has 2 rings (SSSR count). The van der Waals surface area contributed by atoms with Gasteiger partial charge in [-0.25, -0.2) is 8.78 Å². The normalized spacial score (nSPS) is 13.8. The maximum atomic E-state index is 12.2. The van der Waals surface area contributed by atoms with Crippen LogP contribution in [0.1, 0.15) is 12.8 Å². The number of ether oxygens (including phenoxy) is 1. The molecule has 0 bridgehead atoms. The van der Waals surface area contributed by atoms with Gasteiger partial charge < -0.3 is 14.5 Å². The zero-order valence-electron chi connectivity index (χ0n) is 12.6. The summed E-state index contributed by atoms with van der Waals surface area (Å²) in [5.74, 6) is 0.0592. The lowest BCUT2D eigenvalue weighted by Crippen LogP contribution is -2.41. The van der Waals surface area contributed by atoms with Gasteiger partial charge in [0.2, 0.25) is 12.3 Å². The van der Waals surface area contributed by atoms with Gasteiger partial charge in [0.1, 0.15) is 5.75 Å². The van der Waals surface area contributed by atoms with Crippen LogP contribution in [-0.2, 0) is 9.59 Å². The Labute approximate surface area is 141 Å². The molecule has 1 heterocycles. The maximum absolute atomic E-state index is 12.2. The summed E-state index contributed by atoms with van der Waals surface area (Å²) in [6.07, 6.45) is -2.72. The highest BCUT2D eigenvalue weighted by molar-refractivity contribution is 9.10. The van der Waals surface area contributed by atoms with Gasteiger partial charge in [-0.15, -0.1) is 0 Å². The minimum absolute atomic E-state index is 0.00289. The van der Waals surface area contributed by atoms with Gasteiger partial charge in [0, 0.05) is 37.5 Å². The van der Waals surface area contributed by atoms with Crippen molar-refractivity contribution >= 4 is 33.4 Å². The Morgan fingerprint density at radius 1 is 1.48 bits per heavy atom. The van der Waals surface area contributed by atoms with Crippen LogP contribution in [0.2, 0.25) is 0 Å². The Kier molecular flexibility index (Phi) is 5.92. The predicted octanol–water partition coefficient (Wildman–Crippen LogP) is 2.68. The second-order valence-corrected chi connectivity index (χ2v) is 6.11. The van der Waals surface area contributed by atoms with E-state index < -0.39 is 6.43 Å². The highest BCUT2D eigenvalue weighted by atomic mass is 79.9. The number of anilines is 1. The fraction of sp³-hybridized carbons (Fsp3) is 0.467. The van der Waals surface area contributed by atoms with Crippen molar-refractivity contribution in [1.29, 1.82) is 0 Å². The van der Waals surface area contributed by atoms with Crippen LogP contribution in [0.15, 0.2) is 22.7 Å². The van der Waals surface area contributed by atoms with Gasteiger partial charge in [0.15, 0.2) is 6.61 Å².